The number of oxime groups is 1. The predicted octanol–water partition coefficient (Wildman–Crippen LogP) is 4.40. The molecule has 0 radical (unpaired) electrons. The fourth-order valence-electron chi connectivity index (χ4n) is 1.72. The van der Waals surface area contributed by atoms with Gasteiger partial charge in [0.2, 0.25) is 0 Å². The van der Waals surface area contributed by atoms with Crippen LogP contribution in [0.25, 0.3) is 0 Å². The summed E-state index contributed by atoms with van der Waals surface area (Å²) in [4.78, 5) is 41.2. The van der Waals surface area contributed by atoms with E-state index >= 15 is 0 Å². The minimum atomic E-state index is -0.785. The number of rotatable bonds is 8. The number of benzene rings is 1. The molecule has 0 aliphatic heterocycles. The molecule has 9 nitrogen and oxygen atoms in total. The van der Waals surface area contributed by atoms with E-state index in [9.17, 15) is 14.4 Å². The highest BCUT2D eigenvalue weighted by atomic mass is 32.2. The number of carbonyl (C=O) groups excluding carboxylic acids is 3. The van der Waals surface area contributed by atoms with Gasteiger partial charge in [-0.05, 0) is 31.7 Å². The SMILES string of the molecule is CCCCOC(=O)c1ccccc1OC(=O)N(C)SN(C)C(=O)ON=C(C)SC. The molecule has 160 valence electrons. The van der Waals surface area contributed by atoms with Gasteiger partial charge in [-0.3, -0.25) is 4.84 Å². The molecule has 0 aliphatic carbocycles. The monoisotopic (exact) mass is 443 g/mol. The van der Waals surface area contributed by atoms with Gasteiger partial charge in [0.05, 0.1) is 18.7 Å². The van der Waals surface area contributed by atoms with Crippen molar-refractivity contribution < 1.29 is 28.7 Å². The summed E-state index contributed by atoms with van der Waals surface area (Å²) in [5.41, 5.74) is 0.144. The lowest BCUT2D eigenvalue weighted by molar-refractivity contribution is 0.0496. The van der Waals surface area contributed by atoms with Gasteiger partial charge in [-0.25, -0.2) is 23.0 Å². The van der Waals surface area contributed by atoms with Gasteiger partial charge in [0.15, 0.2) is 0 Å². The Labute approximate surface area is 179 Å². The molecule has 1 aromatic rings. The molecule has 0 fully saturated rings. The van der Waals surface area contributed by atoms with Gasteiger partial charge in [0.25, 0.3) is 0 Å². The van der Waals surface area contributed by atoms with E-state index in [-0.39, 0.29) is 11.3 Å². The maximum absolute atomic E-state index is 12.3. The number of hydrogen-bond acceptors (Lipinski definition) is 9. The Kier molecular flexibility index (Phi) is 11.0. The maximum Gasteiger partial charge on any atom is 0.447 e. The summed E-state index contributed by atoms with van der Waals surface area (Å²) < 4.78 is 12.6. The Morgan fingerprint density at radius 2 is 1.76 bits per heavy atom. The smallest absolute Gasteiger partial charge is 0.447 e. The van der Waals surface area contributed by atoms with Gasteiger partial charge in [0, 0.05) is 14.1 Å². The van der Waals surface area contributed by atoms with E-state index in [2.05, 4.69) is 5.16 Å². The number of esters is 1. The Hall–Kier alpha value is -2.40. The van der Waals surface area contributed by atoms with Crippen molar-refractivity contribution in [3.8, 4) is 5.75 Å². The molecule has 0 unspecified atom stereocenters. The van der Waals surface area contributed by atoms with Crippen LogP contribution in [0.4, 0.5) is 9.59 Å². The third-order valence-electron chi connectivity index (χ3n) is 3.34. The first kappa shape index (κ1) is 24.6. The summed E-state index contributed by atoms with van der Waals surface area (Å²) in [6, 6.07) is 6.28. The van der Waals surface area contributed by atoms with E-state index in [0.717, 1.165) is 33.6 Å². The van der Waals surface area contributed by atoms with Crippen LogP contribution in [0, 0.1) is 0 Å². The summed E-state index contributed by atoms with van der Waals surface area (Å²) in [6.45, 7) is 3.97. The van der Waals surface area contributed by atoms with Crippen LogP contribution in [0.1, 0.15) is 37.0 Å². The molecule has 0 saturated heterocycles. The first-order valence-electron chi connectivity index (χ1n) is 8.73. The van der Waals surface area contributed by atoms with E-state index in [4.69, 9.17) is 14.3 Å². The molecule has 0 spiro atoms. The highest BCUT2D eigenvalue weighted by Crippen LogP contribution is 2.22. The number of carbonyl (C=O) groups is 3. The van der Waals surface area contributed by atoms with Gasteiger partial charge in [-0.1, -0.05) is 30.6 Å². The fourth-order valence-corrected chi connectivity index (χ4v) is 2.40. The lowest BCUT2D eigenvalue weighted by atomic mass is 10.2. The van der Waals surface area contributed by atoms with Crippen LogP contribution in [0.15, 0.2) is 29.4 Å². The van der Waals surface area contributed by atoms with Crippen molar-refractivity contribution in [2.75, 3.05) is 27.0 Å². The van der Waals surface area contributed by atoms with E-state index in [1.165, 1.54) is 38.0 Å². The molecular formula is C18H25N3O6S2. The van der Waals surface area contributed by atoms with E-state index in [0.29, 0.717) is 11.7 Å². The van der Waals surface area contributed by atoms with Gasteiger partial charge in [0.1, 0.15) is 16.4 Å². The summed E-state index contributed by atoms with van der Waals surface area (Å²) in [5, 5.41) is 4.21. The van der Waals surface area contributed by atoms with Gasteiger partial charge in [-0.2, -0.15) is 0 Å². The zero-order chi connectivity index (χ0) is 21.8. The number of para-hydroxylation sites is 1. The summed E-state index contributed by atoms with van der Waals surface area (Å²) in [7, 11) is 2.83. The number of hydrogen-bond donors (Lipinski definition) is 0. The first-order chi connectivity index (χ1) is 13.8. The Morgan fingerprint density at radius 3 is 2.41 bits per heavy atom. The van der Waals surface area contributed by atoms with Gasteiger partial charge in [-0.15, -0.1) is 11.8 Å². The molecular weight excluding hydrogens is 418 g/mol. The lowest BCUT2D eigenvalue weighted by Gasteiger charge is -2.20. The van der Waals surface area contributed by atoms with Crippen LogP contribution >= 0.6 is 23.9 Å². The minimum absolute atomic E-state index is 0.0665. The summed E-state index contributed by atoms with van der Waals surface area (Å²) >= 11 is 2.08. The lowest BCUT2D eigenvalue weighted by Crippen LogP contribution is -2.31. The van der Waals surface area contributed by atoms with Crippen molar-refractivity contribution in [2.45, 2.75) is 26.7 Å². The van der Waals surface area contributed by atoms with Crippen LogP contribution in [-0.4, -0.2) is 58.8 Å². The molecule has 0 atom stereocenters. The van der Waals surface area contributed by atoms with Crippen molar-refractivity contribution in [3.05, 3.63) is 29.8 Å². The molecule has 0 saturated carbocycles. The molecule has 0 aliphatic rings. The molecule has 29 heavy (non-hydrogen) atoms. The van der Waals surface area contributed by atoms with Crippen LogP contribution in [-0.2, 0) is 9.57 Å². The number of unbranched alkanes of at least 4 members (excludes halogenated alkanes) is 1. The van der Waals surface area contributed by atoms with Crippen LogP contribution in [0.2, 0.25) is 0 Å². The molecule has 2 amide bonds. The maximum atomic E-state index is 12.3. The first-order valence-corrected chi connectivity index (χ1v) is 10.7. The molecule has 1 aromatic carbocycles. The largest absolute Gasteiger partial charge is 0.462 e. The fraction of sp³-hybridized carbons (Fsp3) is 0.444. The standard InChI is InChI=1S/C18H25N3O6S2/c1-6-7-12-25-16(22)14-10-8-9-11-15(14)26-17(23)20(3)29-21(4)18(24)27-19-13(2)28-5/h8-11H,6-7,12H2,1-5H3. The zero-order valence-corrected chi connectivity index (χ0v) is 18.7. The van der Waals surface area contributed by atoms with Gasteiger partial charge < -0.3 is 9.47 Å². The van der Waals surface area contributed by atoms with Gasteiger partial charge >= 0.3 is 18.2 Å². The second kappa shape index (κ2) is 12.9. The predicted molar refractivity (Wildman–Crippen MR) is 114 cm³/mol. The summed E-state index contributed by atoms with van der Waals surface area (Å²) in [6.07, 6.45) is 1.89. The minimum Gasteiger partial charge on any atom is -0.462 e. The van der Waals surface area contributed by atoms with Crippen LogP contribution in [0.3, 0.4) is 0 Å². The van der Waals surface area contributed by atoms with Crippen molar-refractivity contribution in [1.82, 2.24) is 8.61 Å². The van der Waals surface area contributed by atoms with E-state index in [1.54, 1.807) is 25.3 Å². The third-order valence-corrected chi connectivity index (χ3v) is 4.80. The number of ether oxygens (including phenoxy) is 2. The third kappa shape index (κ3) is 8.65. The van der Waals surface area contributed by atoms with Crippen LogP contribution in [0.5, 0.6) is 5.75 Å². The van der Waals surface area contributed by atoms with Crippen molar-refractivity contribution >= 4 is 47.1 Å². The van der Waals surface area contributed by atoms with Crippen molar-refractivity contribution in [2.24, 2.45) is 5.16 Å². The quantitative estimate of drug-likeness (QED) is 0.111. The topological polar surface area (TPSA) is 97.7 Å². The Morgan fingerprint density at radius 1 is 1.10 bits per heavy atom. The average molecular weight is 444 g/mol. The van der Waals surface area contributed by atoms with Crippen LogP contribution < -0.4 is 4.74 Å². The van der Waals surface area contributed by atoms with E-state index < -0.39 is 18.2 Å². The summed E-state index contributed by atoms with van der Waals surface area (Å²) in [5.74, 6) is -0.503. The second-order valence-corrected chi connectivity index (χ2v) is 7.86. The molecule has 11 heteroatoms. The Bertz CT molecular complexity index is 744. The van der Waals surface area contributed by atoms with Crippen molar-refractivity contribution in [1.29, 1.82) is 0 Å². The second-order valence-electron chi connectivity index (χ2n) is 5.60. The molecule has 1 rings (SSSR count). The number of nitrogens with zero attached hydrogens (tertiary/aromatic N) is 3. The normalized spacial score (nSPS) is 10.9. The molecule has 0 heterocycles. The zero-order valence-electron chi connectivity index (χ0n) is 17.0. The molecule has 0 bridgehead atoms. The number of thioether (sulfide) groups is 1. The number of amides is 2. The molecule has 0 N–H and O–H groups in total. The average Bonchev–Trinajstić information content (AvgIpc) is 2.71. The Balaban J connectivity index is 2.69. The molecule has 0 aromatic heterocycles. The van der Waals surface area contributed by atoms with E-state index in [1.807, 2.05) is 6.92 Å². The highest BCUT2D eigenvalue weighted by molar-refractivity contribution is 8.13. The van der Waals surface area contributed by atoms with Crippen molar-refractivity contribution in [3.63, 3.8) is 0 Å². The highest BCUT2D eigenvalue weighted by Gasteiger charge is 2.22.